The summed E-state index contributed by atoms with van der Waals surface area (Å²) in [5, 5.41) is 13.7. The Morgan fingerprint density at radius 2 is 2.19 bits per heavy atom. The van der Waals surface area contributed by atoms with Gasteiger partial charge in [0, 0.05) is 24.0 Å². The Balaban J connectivity index is 1.77. The molecule has 0 bridgehead atoms. The van der Waals surface area contributed by atoms with Gasteiger partial charge >= 0.3 is 0 Å². The second kappa shape index (κ2) is 5.71. The summed E-state index contributed by atoms with van der Waals surface area (Å²) in [5.74, 6) is 0.687. The van der Waals surface area contributed by atoms with E-state index >= 15 is 0 Å². The topological polar surface area (TPSA) is 52.0 Å². The van der Waals surface area contributed by atoms with Gasteiger partial charge in [0.1, 0.15) is 11.9 Å². The molecular weight excluding hydrogens is 260 g/mol. The van der Waals surface area contributed by atoms with Crippen molar-refractivity contribution in [2.24, 2.45) is 0 Å². The molecule has 4 nitrogen and oxygen atoms in total. The zero-order chi connectivity index (χ0) is 14.8. The lowest BCUT2D eigenvalue weighted by Crippen LogP contribution is -2.36. The minimum Gasteiger partial charge on any atom is -0.367 e. The van der Waals surface area contributed by atoms with Crippen LogP contribution in [0.15, 0.2) is 30.3 Å². The predicted octanol–water partition coefficient (Wildman–Crippen LogP) is 3.00. The number of aromatic nitrogens is 1. The lowest BCUT2D eigenvalue weighted by molar-refractivity contribution is 0.257. The van der Waals surface area contributed by atoms with Crippen molar-refractivity contribution >= 4 is 16.7 Å². The molecule has 1 atom stereocenters. The Hall–Kier alpha value is -2.12. The van der Waals surface area contributed by atoms with Gasteiger partial charge in [0.05, 0.1) is 11.1 Å². The van der Waals surface area contributed by atoms with E-state index in [2.05, 4.69) is 35.2 Å². The van der Waals surface area contributed by atoms with Gasteiger partial charge in [-0.2, -0.15) is 5.26 Å². The van der Waals surface area contributed by atoms with Crippen LogP contribution in [0, 0.1) is 11.3 Å². The lowest BCUT2D eigenvalue weighted by Gasteiger charge is -2.25. The smallest absolute Gasteiger partial charge is 0.144 e. The first-order chi connectivity index (χ1) is 10.2. The van der Waals surface area contributed by atoms with Gasteiger partial charge in [0.2, 0.25) is 0 Å². The number of nitrogens with zero attached hydrogens (tertiary/aromatic N) is 3. The molecule has 1 saturated carbocycles. The molecule has 1 unspecified atom stereocenters. The van der Waals surface area contributed by atoms with Crippen LogP contribution in [0.25, 0.3) is 10.9 Å². The van der Waals surface area contributed by atoms with Gasteiger partial charge in [-0.15, -0.1) is 0 Å². The number of anilines is 1. The van der Waals surface area contributed by atoms with Crippen molar-refractivity contribution in [1.82, 2.24) is 9.88 Å². The summed E-state index contributed by atoms with van der Waals surface area (Å²) >= 11 is 0. The minimum absolute atomic E-state index is 0.428. The quantitative estimate of drug-likeness (QED) is 0.914. The largest absolute Gasteiger partial charge is 0.367 e. The van der Waals surface area contributed by atoms with E-state index in [4.69, 9.17) is 0 Å². The third-order valence-electron chi connectivity index (χ3n) is 4.23. The monoisotopic (exact) mass is 280 g/mol. The third kappa shape index (κ3) is 2.98. The Labute approximate surface area is 125 Å². The first-order valence-corrected chi connectivity index (χ1v) is 7.44. The molecule has 2 aromatic rings. The second-order valence-electron chi connectivity index (χ2n) is 5.82. The highest BCUT2D eigenvalue weighted by atomic mass is 15.2. The molecule has 1 aromatic carbocycles. The summed E-state index contributed by atoms with van der Waals surface area (Å²) in [6, 6.07) is 13.2. The molecule has 1 N–H and O–H groups in total. The van der Waals surface area contributed by atoms with Crippen LogP contribution in [-0.4, -0.2) is 35.6 Å². The second-order valence-corrected chi connectivity index (χ2v) is 5.82. The number of nitriles is 1. The van der Waals surface area contributed by atoms with Crippen molar-refractivity contribution in [3.05, 3.63) is 35.9 Å². The first kappa shape index (κ1) is 13.8. The Morgan fingerprint density at radius 1 is 1.43 bits per heavy atom. The molecule has 4 heteroatoms. The molecule has 1 aliphatic rings. The summed E-state index contributed by atoms with van der Waals surface area (Å²) in [6.45, 7) is 3.01. The molecule has 1 fully saturated rings. The van der Waals surface area contributed by atoms with Gasteiger partial charge < -0.3 is 5.32 Å². The number of rotatable bonds is 5. The van der Waals surface area contributed by atoms with Gasteiger partial charge in [-0.05, 0) is 38.9 Å². The van der Waals surface area contributed by atoms with Crippen LogP contribution >= 0.6 is 0 Å². The fraction of sp³-hybridized carbons (Fsp3) is 0.412. The summed E-state index contributed by atoms with van der Waals surface area (Å²) < 4.78 is 0. The van der Waals surface area contributed by atoms with Crippen molar-refractivity contribution in [2.75, 3.05) is 18.9 Å². The molecule has 0 amide bonds. The number of nitrogens with one attached hydrogen (secondary N) is 1. The number of benzene rings is 1. The van der Waals surface area contributed by atoms with Crippen molar-refractivity contribution < 1.29 is 0 Å². The Bertz CT molecular complexity index is 685. The van der Waals surface area contributed by atoms with E-state index in [1.807, 2.05) is 30.3 Å². The molecule has 0 aliphatic heterocycles. The molecule has 1 heterocycles. The van der Waals surface area contributed by atoms with E-state index < -0.39 is 0 Å². The number of hydrogen-bond acceptors (Lipinski definition) is 4. The van der Waals surface area contributed by atoms with Gasteiger partial charge in [0.25, 0.3) is 0 Å². The predicted molar refractivity (Wildman–Crippen MR) is 85.2 cm³/mol. The van der Waals surface area contributed by atoms with Crippen molar-refractivity contribution in [3.63, 3.8) is 0 Å². The maximum absolute atomic E-state index is 9.31. The Kier molecular flexibility index (Phi) is 3.76. The summed E-state index contributed by atoms with van der Waals surface area (Å²) in [7, 11) is 2.17. The van der Waals surface area contributed by atoms with Crippen LogP contribution in [0.4, 0.5) is 5.82 Å². The molecule has 1 aromatic heterocycles. The van der Waals surface area contributed by atoms with Crippen LogP contribution in [0.5, 0.6) is 0 Å². The van der Waals surface area contributed by atoms with E-state index in [1.54, 1.807) is 0 Å². The maximum atomic E-state index is 9.31. The van der Waals surface area contributed by atoms with Crippen LogP contribution in [0.1, 0.15) is 25.3 Å². The van der Waals surface area contributed by atoms with Crippen molar-refractivity contribution in [1.29, 1.82) is 5.26 Å². The Morgan fingerprint density at radius 3 is 2.90 bits per heavy atom. The summed E-state index contributed by atoms with van der Waals surface area (Å²) in [5.41, 5.74) is 1.53. The fourth-order valence-electron chi connectivity index (χ4n) is 2.57. The fourth-order valence-corrected chi connectivity index (χ4v) is 2.57. The van der Waals surface area contributed by atoms with Gasteiger partial charge in [-0.3, -0.25) is 4.90 Å². The highest BCUT2D eigenvalue weighted by molar-refractivity contribution is 5.82. The van der Waals surface area contributed by atoms with Crippen molar-refractivity contribution in [3.8, 4) is 6.07 Å². The third-order valence-corrected chi connectivity index (χ3v) is 4.23. The molecule has 0 saturated heterocycles. The van der Waals surface area contributed by atoms with E-state index in [0.717, 1.165) is 23.5 Å². The number of pyridine rings is 1. The highest BCUT2D eigenvalue weighted by Gasteiger charge is 2.29. The average molecular weight is 280 g/mol. The molecule has 0 radical (unpaired) electrons. The normalized spacial score (nSPS) is 15.9. The minimum atomic E-state index is 0.428. The van der Waals surface area contributed by atoms with Crippen LogP contribution < -0.4 is 5.32 Å². The van der Waals surface area contributed by atoms with E-state index in [1.165, 1.54) is 12.8 Å². The number of hydrogen-bond donors (Lipinski definition) is 1. The standard InChI is InChI=1S/C17H20N4/c1-12(21(2)15-7-8-15)11-19-17-14(10-18)9-13-5-3-4-6-16(13)20-17/h3-6,9,12,15H,7-8,11H2,1-2H3,(H,19,20). The SMILES string of the molecule is CC(CNc1nc2ccccc2cc1C#N)N(C)C1CC1. The molecule has 1 aliphatic carbocycles. The molecule has 108 valence electrons. The van der Waals surface area contributed by atoms with Crippen LogP contribution in [0.3, 0.4) is 0 Å². The molecular formula is C17H20N4. The van der Waals surface area contributed by atoms with Gasteiger partial charge in [-0.1, -0.05) is 18.2 Å². The van der Waals surface area contributed by atoms with E-state index in [0.29, 0.717) is 17.4 Å². The average Bonchev–Trinajstić information content (AvgIpc) is 3.35. The van der Waals surface area contributed by atoms with Crippen molar-refractivity contribution in [2.45, 2.75) is 31.8 Å². The molecule has 0 spiro atoms. The lowest BCUT2D eigenvalue weighted by atomic mass is 10.1. The number of fused-ring (bicyclic) bond motifs is 1. The van der Waals surface area contributed by atoms with E-state index in [-0.39, 0.29) is 0 Å². The molecule has 3 rings (SSSR count). The first-order valence-electron chi connectivity index (χ1n) is 7.44. The van der Waals surface area contributed by atoms with Crippen LogP contribution in [-0.2, 0) is 0 Å². The maximum Gasteiger partial charge on any atom is 0.144 e. The zero-order valence-corrected chi connectivity index (χ0v) is 12.5. The number of likely N-dealkylation sites (N-methyl/N-ethyl adjacent to an activating group) is 1. The van der Waals surface area contributed by atoms with E-state index in [9.17, 15) is 5.26 Å². The highest BCUT2D eigenvalue weighted by Crippen LogP contribution is 2.27. The molecule has 21 heavy (non-hydrogen) atoms. The zero-order valence-electron chi connectivity index (χ0n) is 12.5. The number of para-hydroxylation sites is 1. The van der Waals surface area contributed by atoms with Crippen LogP contribution in [0.2, 0.25) is 0 Å². The summed E-state index contributed by atoms with van der Waals surface area (Å²) in [6.07, 6.45) is 2.61. The van der Waals surface area contributed by atoms with Gasteiger partial charge in [0.15, 0.2) is 0 Å². The summed E-state index contributed by atoms with van der Waals surface area (Å²) in [4.78, 5) is 6.99. The van der Waals surface area contributed by atoms with Gasteiger partial charge in [-0.25, -0.2) is 4.98 Å².